The zero-order valence-electron chi connectivity index (χ0n) is 17.2. The van der Waals surface area contributed by atoms with E-state index in [1.165, 1.54) is 0 Å². The molecule has 29 heavy (non-hydrogen) atoms. The van der Waals surface area contributed by atoms with E-state index < -0.39 is 0 Å². The quantitative estimate of drug-likeness (QED) is 0.621. The van der Waals surface area contributed by atoms with Crippen molar-refractivity contribution in [1.29, 1.82) is 0 Å². The van der Waals surface area contributed by atoms with Crippen LogP contribution in [0.1, 0.15) is 37.6 Å². The molecule has 0 bridgehead atoms. The standard InChI is InChI=1S/C22H30ClN3O3/c1-3-28-13-5-11-24-21(27)18-6-4-12-26(14-18)15-20-16(2)29-22(25-20)17-7-9-19(23)10-8-17/h7-10,18H,3-6,11-15H2,1-2H3,(H,24,27). The van der Waals surface area contributed by atoms with Crippen LogP contribution < -0.4 is 5.32 Å². The lowest BCUT2D eigenvalue weighted by molar-refractivity contribution is -0.126. The molecule has 1 aliphatic rings. The Kier molecular flexibility index (Phi) is 8.09. The second kappa shape index (κ2) is 10.8. The number of hydrogen-bond donors (Lipinski definition) is 1. The fourth-order valence-corrected chi connectivity index (χ4v) is 3.72. The number of aryl methyl sites for hydroxylation is 1. The normalized spacial score (nSPS) is 17.4. The van der Waals surface area contributed by atoms with Crippen LogP contribution in [0, 0.1) is 12.8 Å². The molecule has 3 rings (SSSR count). The third kappa shape index (κ3) is 6.29. The molecule has 1 saturated heterocycles. The van der Waals surface area contributed by atoms with Crippen molar-refractivity contribution in [2.45, 2.75) is 39.7 Å². The number of nitrogens with zero attached hydrogens (tertiary/aromatic N) is 2. The van der Waals surface area contributed by atoms with Crippen LogP contribution in [0.4, 0.5) is 0 Å². The van der Waals surface area contributed by atoms with Crippen molar-refractivity contribution in [1.82, 2.24) is 15.2 Å². The fraction of sp³-hybridized carbons (Fsp3) is 0.545. The number of carbonyl (C=O) groups is 1. The van der Waals surface area contributed by atoms with Gasteiger partial charge in [0.15, 0.2) is 0 Å². The molecule has 6 nitrogen and oxygen atoms in total. The summed E-state index contributed by atoms with van der Waals surface area (Å²) < 4.78 is 11.2. The highest BCUT2D eigenvalue weighted by atomic mass is 35.5. The number of likely N-dealkylation sites (tertiary alicyclic amines) is 1. The van der Waals surface area contributed by atoms with Gasteiger partial charge in [0.25, 0.3) is 0 Å². The van der Waals surface area contributed by atoms with E-state index in [2.05, 4.69) is 15.2 Å². The van der Waals surface area contributed by atoms with Crippen LogP contribution in [0.25, 0.3) is 11.5 Å². The molecule has 7 heteroatoms. The molecule has 158 valence electrons. The van der Waals surface area contributed by atoms with E-state index in [9.17, 15) is 4.79 Å². The predicted octanol–water partition coefficient (Wildman–Crippen LogP) is 4.06. The molecule has 0 spiro atoms. The summed E-state index contributed by atoms with van der Waals surface area (Å²) in [5.41, 5.74) is 1.83. The predicted molar refractivity (Wildman–Crippen MR) is 114 cm³/mol. The van der Waals surface area contributed by atoms with Crippen molar-refractivity contribution in [3.05, 3.63) is 40.7 Å². The highest BCUT2D eigenvalue weighted by molar-refractivity contribution is 6.30. The van der Waals surface area contributed by atoms with Gasteiger partial charge in [0.2, 0.25) is 11.8 Å². The fourth-order valence-electron chi connectivity index (χ4n) is 3.59. The van der Waals surface area contributed by atoms with Gasteiger partial charge in [0.05, 0.1) is 11.6 Å². The number of carbonyl (C=O) groups excluding carboxylic acids is 1. The van der Waals surface area contributed by atoms with Gasteiger partial charge >= 0.3 is 0 Å². The van der Waals surface area contributed by atoms with E-state index in [0.717, 1.165) is 49.4 Å². The van der Waals surface area contributed by atoms with E-state index in [0.29, 0.717) is 37.2 Å². The van der Waals surface area contributed by atoms with Gasteiger partial charge in [-0.25, -0.2) is 4.98 Å². The smallest absolute Gasteiger partial charge is 0.226 e. The summed E-state index contributed by atoms with van der Waals surface area (Å²) in [7, 11) is 0. The van der Waals surface area contributed by atoms with E-state index in [1.54, 1.807) is 0 Å². The van der Waals surface area contributed by atoms with Crippen LogP contribution in [-0.2, 0) is 16.1 Å². The van der Waals surface area contributed by atoms with Crippen LogP contribution in [0.2, 0.25) is 5.02 Å². The molecular formula is C22H30ClN3O3. The highest BCUT2D eigenvalue weighted by Gasteiger charge is 2.26. The van der Waals surface area contributed by atoms with Crippen LogP contribution in [0.15, 0.2) is 28.7 Å². The largest absolute Gasteiger partial charge is 0.441 e. The Morgan fingerprint density at radius 2 is 2.17 bits per heavy atom. The van der Waals surface area contributed by atoms with E-state index >= 15 is 0 Å². The molecule has 1 fully saturated rings. The molecule has 1 aromatic carbocycles. The Morgan fingerprint density at radius 3 is 2.93 bits per heavy atom. The summed E-state index contributed by atoms with van der Waals surface area (Å²) in [6, 6.07) is 7.48. The number of halogens is 1. The van der Waals surface area contributed by atoms with Crippen molar-refractivity contribution < 1.29 is 13.9 Å². The van der Waals surface area contributed by atoms with Gasteiger partial charge in [-0.2, -0.15) is 0 Å². The van der Waals surface area contributed by atoms with Crippen LogP contribution in [-0.4, -0.2) is 48.6 Å². The minimum Gasteiger partial charge on any atom is -0.441 e. The number of nitrogens with one attached hydrogen (secondary N) is 1. The summed E-state index contributed by atoms with van der Waals surface area (Å²) in [6.45, 7) is 8.40. The van der Waals surface area contributed by atoms with Crippen molar-refractivity contribution in [3.8, 4) is 11.5 Å². The second-order valence-electron chi connectivity index (χ2n) is 7.44. The molecule has 0 radical (unpaired) electrons. The first-order chi connectivity index (χ1) is 14.1. The SMILES string of the molecule is CCOCCCNC(=O)C1CCCN(Cc2nc(-c3ccc(Cl)cc3)oc2C)C1. The number of ether oxygens (including phenoxy) is 1. The first kappa shape index (κ1) is 21.8. The number of benzene rings is 1. The van der Waals surface area contributed by atoms with Gasteiger partial charge in [-0.3, -0.25) is 9.69 Å². The maximum atomic E-state index is 12.5. The third-order valence-electron chi connectivity index (χ3n) is 5.20. The van der Waals surface area contributed by atoms with E-state index in [4.69, 9.17) is 20.8 Å². The zero-order valence-corrected chi connectivity index (χ0v) is 18.0. The van der Waals surface area contributed by atoms with Gasteiger partial charge in [0.1, 0.15) is 5.76 Å². The van der Waals surface area contributed by atoms with Crippen LogP contribution in [0.3, 0.4) is 0 Å². The van der Waals surface area contributed by atoms with E-state index in [-0.39, 0.29) is 11.8 Å². The van der Waals surface area contributed by atoms with Gasteiger partial charge in [-0.05, 0) is 63.9 Å². The first-order valence-electron chi connectivity index (χ1n) is 10.4. The summed E-state index contributed by atoms with van der Waals surface area (Å²) >= 11 is 5.96. The van der Waals surface area contributed by atoms with Crippen molar-refractivity contribution in [3.63, 3.8) is 0 Å². The molecule has 2 heterocycles. The van der Waals surface area contributed by atoms with Gasteiger partial charge in [-0.15, -0.1) is 0 Å². The number of amides is 1. The van der Waals surface area contributed by atoms with E-state index in [1.807, 2.05) is 38.1 Å². The molecule has 0 aliphatic carbocycles. The average Bonchev–Trinajstić information content (AvgIpc) is 3.08. The molecule has 1 aromatic heterocycles. The summed E-state index contributed by atoms with van der Waals surface area (Å²) in [4.78, 5) is 19.5. The monoisotopic (exact) mass is 419 g/mol. The Morgan fingerprint density at radius 1 is 1.38 bits per heavy atom. The number of rotatable bonds is 9. The molecule has 1 aliphatic heterocycles. The summed E-state index contributed by atoms with van der Waals surface area (Å²) in [5, 5.41) is 3.73. The van der Waals surface area contributed by atoms with Crippen molar-refractivity contribution in [2.75, 3.05) is 32.8 Å². The van der Waals surface area contributed by atoms with Crippen molar-refractivity contribution in [2.24, 2.45) is 5.92 Å². The minimum atomic E-state index is 0.0267. The summed E-state index contributed by atoms with van der Waals surface area (Å²) in [5.74, 6) is 1.59. The lowest BCUT2D eigenvalue weighted by atomic mass is 9.97. The summed E-state index contributed by atoms with van der Waals surface area (Å²) in [6.07, 6.45) is 2.79. The van der Waals surface area contributed by atoms with Crippen molar-refractivity contribution >= 4 is 17.5 Å². The number of oxazole rings is 1. The maximum absolute atomic E-state index is 12.5. The number of piperidine rings is 1. The Hall–Kier alpha value is -1.89. The molecule has 1 unspecified atom stereocenters. The minimum absolute atomic E-state index is 0.0267. The molecule has 0 saturated carbocycles. The lowest BCUT2D eigenvalue weighted by Gasteiger charge is -2.31. The molecule has 1 atom stereocenters. The average molecular weight is 420 g/mol. The molecular weight excluding hydrogens is 390 g/mol. The Bertz CT molecular complexity index is 791. The second-order valence-corrected chi connectivity index (χ2v) is 7.88. The lowest BCUT2D eigenvalue weighted by Crippen LogP contribution is -2.43. The maximum Gasteiger partial charge on any atom is 0.226 e. The highest BCUT2D eigenvalue weighted by Crippen LogP contribution is 2.25. The van der Waals surface area contributed by atoms with Gasteiger partial charge in [-0.1, -0.05) is 11.6 Å². The molecule has 1 N–H and O–H groups in total. The van der Waals surface area contributed by atoms with Gasteiger partial charge in [0, 0.05) is 43.4 Å². The topological polar surface area (TPSA) is 67.6 Å². The van der Waals surface area contributed by atoms with Crippen LogP contribution >= 0.6 is 11.6 Å². The Labute approximate surface area is 177 Å². The number of aromatic nitrogens is 1. The van der Waals surface area contributed by atoms with Gasteiger partial charge < -0.3 is 14.5 Å². The third-order valence-corrected chi connectivity index (χ3v) is 5.45. The first-order valence-corrected chi connectivity index (χ1v) is 10.7. The Balaban J connectivity index is 1.53. The zero-order chi connectivity index (χ0) is 20.6. The van der Waals surface area contributed by atoms with Crippen LogP contribution in [0.5, 0.6) is 0 Å². The molecule has 2 aromatic rings. The molecule has 1 amide bonds. The number of hydrogen-bond acceptors (Lipinski definition) is 5.